The normalized spacial score (nSPS) is 10.7. The van der Waals surface area contributed by atoms with E-state index in [1.165, 1.54) is 10.9 Å². The van der Waals surface area contributed by atoms with Gasteiger partial charge in [-0.3, -0.25) is 9.59 Å². The fraction of sp³-hybridized carbons (Fsp3) is 0.375. The SMILES string of the molecule is Cc1cccc(NC(=O)Cn2cc(NC(=O)C(C)C)nn2)c1C. The second kappa shape index (κ2) is 7.04. The molecule has 0 aliphatic rings. The molecule has 0 spiro atoms. The number of hydrogen-bond donors (Lipinski definition) is 2. The summed E-state index contributed by atoms with van der Waals surface area (Å²) in [4.78, 5) is 23.7. The average Bonchev–Trinajstić information content (AvgIpc) is 2.90. The van der Waals surface area contributed by atoms with Crippen LogP contribution < -0.4 is 10.6 Å². The van der Waals surface area contributed by atoms with Crippen molar-refractivity contribution in [3.63, 3.8) is 0 Å². The Balaban J connectivity index is 1.97. The van der Waals surface area contributed by atoms with Crippen molar-refractivity contribution in [3.05, 3.63) is 35.5 Å². The molecule has 0 bridgehead atoms. The van der Waals surface area contributed by atoms with Crippen LogP contribution in [-0.4, -0.2) is 26.8 Å². The van der Waals surface area contributed by atoms with Crippen LogP contribution in [0.2, 0.25) is 0 Å². The second-order valence-electron chi connectivity index (χ2n) is 5.74. The van der Waals surface area contributed by atoms with Crippen molar-refractivity contribution in [3.8, 4) is 0 Å². The smallest absolute Gasteiger partial charge is 0.246 e. The van der Waals surface area contributed by atoms with E-state index < -0.39 is 0 Å². The molecule has 0 fully saturated rings. The van der Waals surface area contributed by atoms with Crippen LogP contribution in [0, 0.1) is 19.8 Å². The number of carbonyl (C=O) groups excluding carboxylic acids is 2. The van der Waals surface area contributed by atoms with Crippen molar-refractivity contribution in [1.29, 1.82) is 0 Å². The number of carbonyl (C=O) groups is 2. The van der Waals surface area contributed by atoms with Crippen LogP contribution in [0.1, 0.15) is 25.0 Å². The molecule has 0 atom stereocenters. The Labute approximate surface area is 135 Å². The zero-order valence-corrected chi connectivity index (χ0v) is 13.8. The number of amides is 2. The number of rotatable bonds is 5. The molecule has 0 saturated carbocycles. The molecule has 0 radical (unpaired) electrons. The highest BCUT2D eigenvalue weighted by molar-refractivity contribution is 5.92. The van der Waals surface area contributed by atoms with Gasteiger partial charge in [-0.1, -0.05) is 31.2 Å². The minimum atomic E-state index is -0.203. The molecule has 2 rings (SSSR count). The molecule has 122 valence electrons. The molecular weight excluding hydrogens is 294 g/mol. The van der Waals surface area contributed by atoms with E-state index in [4.69, 9.17) is 0 Å². The van der Waals surface area contributed by atoms with E-state index in [0.717, 1.165) is 16.8 Å². The molecule has 1 heterocycles. The Morgan fingerprint density at radius 1 is 1.22 bits per heavy atom. The minimum Gasteiger partial charge on any atom is -0.324 e. The molecule has 2 aromatic rings. The maximum Gasteiger partial charge on any atom is 0.246 e. The molecule has 0 saturated heterocycles. The molecule has 2 N–H and O–H groups in total. The van der Waals surface area contributed by atoms with Crippen molar-refractivity contribution >= 4 is 23.3 Å². The van der Waals surface area contributed by atoms with Gasteiger partial charge in [-0.25, -0.2) is 4.68 Å². The van der Waals surface area contributed by atoms with Crippen LogP contribution in [0.4, 0.5) is 11.5 Å². The maximum absolute atomic E-state index is 12.1. The third-order valence-electron chi connectivity index (χ3n) is 3.50. The zero-order chi connectivity index (χ0) is 17.0. The predicted molar refractivity (Wildman–Crippen MR) is 88.0 cm³/mol. The van der Waals surface area contributed by atoms with Crippen LogP contribution in [0.5, 0.6) is 0 Å². The van der Waals surface area contributed by atoms with Crippen molar-refractivity contribution in [2.75, 3.05) is 10.6 Å². The highest BCUT2D eigenvalue weighted by atomic mass is 16.2. The summed E-state index contributed by atoms with van der Waals surface area (Å²) in [5, 5.41) is 13.2. The Hall–Kier alpha value is -2.70. The van der Waals surface area contributed by atoms with Crippen LogP contribution >= 0.6 is 0 Å². The fourth-order valence-electron chi connectivity index (χ4n) is 1.93. The van der Waals surface area contributed by atoms with E-state index in [2.05, 4.69) is 20.9 Å². The Morgan fingerprint density at radius 3 is 2.65 bits per heavy atom. The van der Waals surface area contributed by atoms with Gasteiger partial charge in [0.05, 0.1) is 6.20 Å². The van der Waals surface area contributed by atoms with Crippen LogP contribution in [0.15, 0.2) is 24.4 Å². The third kappa shape index (κ3) is 4.38. The summed E-state index contributed by atoms with van der Waals surface area (Å²) in [5.74, 6) is -0.154. The molecule has 0 aliphatic heterocycles. The first-order valence-electron chi connectivity index (χ1n) is 7.44. The lowest BCUT2D eigenvalue weighted by Gasteiger charge is -2.10. The second-order valence-corrected chi connectivity index (χ2v) is 5.74. The molecule has 0 aliphatic carbocycles. The van der Waals surface area contributed by atoms with E-state index in [0.29, 0.717) is 5.82 Å². The van der Waals surface area contributed by atoms with Gasteiger partial charge in [-0.05, 0) is 31.0 Å². The van der Waals surface area contributed by atoms with Crippen LogP contribution in [0.25, 0.3) is 0 Å². The van der Waals surface area contributed by atoms with E-state index in [1.807, 2.05) is 32.0 Å². The number of nitrogens with one attached hydrogen (secondary N) is 2. The van der Waals surface area contributed by atoms with Crippen LogP contribution in [0.3, 0.4) is 0 Å². The van der Waals surface area contributed by atoms with Crippen molar-refractivity contribution in [2.24, 2.45) is 5.92 Å². The van der Waals surface area contributed by atoms with Crippen molar-refractivity contribution in [1.82, 2.24) is 15.0 Å². The summed E-state index contributed by atoms with van der Waals surface area (Å²) < 4.78 is 1.39. The summed E-state index contributed by atoms with van der Waals surface area (Å²) in [7, 11) is 0. The quantitative estimate of drug-likeness (QED) is 0.884. The monoisotopic (exact) mass is 315 g/mol. The fourth-order valence-corrected chi connectivity index (χ4v) is 1.93. The molecule has 1 aromatic heterocycles. The Bertz CT molecular complexity index is 721. The number of anilines is 2. The van der Waals surface area contributed by atoms with E-state index in [1.54, 1.807) is 13.8 Å². The molecule has 0 unspecified atom stereocenters. The van der Waals surface area contributed by atoms with Gasteiger partial charge in [-0.15, -0.1) is 5.10 Å². The summed E-state index contributed by atoms with van der Waals surface area (Å²) in [5.41, 5.74) is 2.93. The van der Waals surface area contributed by atoms with E-state index in [9.17, 15) is 9.59 Å². The molecule has 7 nitrogen and oxygen atoms in total. The van der Waals surface area contributed by atoms with Crippen LogP contribution in [-0.2, 0) is 16.1 Å². The van der Waals surface area contributed by atoms with Gasteiger partial charge in [0, 0.05) is 11.6 Å². The molecule has 2 amide bonds. The number of nitrogens with zero attached hydrogens (tertiary/aromatic N) is 3. The lowest BCUT2D eigenvalue weighted by molar-refractivity contribution is -0.119. The highest BCUT2D eigenvalue weighted by Crippen LogP contribution is 2.17. The van der Waals surface area contributed by atoms with Gasteiger partial charge in [0.1, 0.15) is 6.54 Å². The molecular formula is C16H21N5O2. The molecule has 23 heavy (non-hydrogen) atoms. The molecule has 7 heteroatoms. The average molecular weight is 315 g/mol. The summed E-state index contributed by atoms with van der Waals surface area (Å²) in [6.45, 7) is 7.55. The third-order valence-corrected chi connectivity index (χ3v) is 3.50. The predicted octanol–water partition coefficient (Wildman–Crippen LogP) is 2.13. The Kier molecular flexibility index (Phi) is 5.10. The Morgan fingerprint density at radius 2 is 1.96 bits per heavy atom. The van der Waals surface area contributed by atoms with Crippen molar-refractivity contribution < 1.29 is 9.59 Å². The maximum atomic E-state index is 12.1. The first-order valence-corrected chi connectivity index (χ1v) is 7.44. The van der Waals surface area contributed by atoms with E-state index in [-0.39, 0.29) is 24.3 Å². The highest BCUT2D eigenvalue weighted by Gasteiger charge is 2.11. The lowest BCUT2D eigenvalue weighted by atomic mass is 10.1. The topological polar surface area (TPSA) is 88.9 Å². The first-order chi connectivity index (χ1) is 10.9. The lowest BCUT2D eigenvalue weighted by Crippen LogP contribution is -2.20. The summed E-state index contributed by atoms with van der Waals surface area (Å²) >= 11 is 0. The largest absolute Gasteiger partial charge is 0.324 e. The van der Waals surface area contributed by atoms with Gasteiger partial charge in [0.25, 0.3) is 0 Å². The summed E-state index contributed by atoms with van der Waals surface area (Å²) in [6, 6.07) is 5.74. The number of aromatic nitrogens is 3. The zero-order valence-electron chi connectivity index (χ0n) is 13.8. The van der Waals surface area contributed by atoms with Gasteiger partial charge >= 0.3 is 0 Å². The minimum absolute atomic E-state index is 0.0257. The van der Waals surface area contributed by atoms with Gasteiger partial charge in [-0.2, -0.15) is 0 Å². The first kappa shape index (κ1) is 16.7. The van der Waals surface area contributed by atoms with E-state index >= 15 is 0 Å². The number of aryl methyl sites for hydroxylation is 1. The number of hydrogen-bond acceptors (Lipinski definition) is 4. The molecule has 1 aromatic carbocycles. The summed E-state index contributed by atoms with van der Waals surface area (Å²) in [6.07, 6.45) is 1.53. The van der Waals surface area contributed by atoms with Gasteiger partial charge in [0.2, 0.25) is 11.8 Å². The van der Waals surface area contributed by atoms with Crippen molar-refractivity contribution in [2.45, 2.75) is 34.2 Å². The number of benzene rings is 1. The standard InChI is InChI=1S/C16H21N5O2/c1-10(2)16(23)18-14-8-21(20-19-14)9-15(22)17-13-7-5-6-11(3)12(13)4/h5-8,10H,9H2,1-4H3,(H,17,22)(H,18,23). The van der Waals surface area contributed by atoms with Gasteiger partial charge < -0.3 is 10.6 Å². The van der Waals surface area contributed by atoms with Gasteiger partial charge in [0.15, 0.2) is 5.82 Å².